The molecule has 0 aliphatic heterocycles. The third kappa shape index (κ3) is 3.31. The molecule has 0 aliphatic rings. The normalized spacial score (nSPS) is 9.50. The summed E-state index contributed by atoms with van der Waals surface area (Å²) in [7, 11) is 0. The Morgan fingerprint density at radius 1 is 1.43 bits per heavy atom. The van der Waals surface area contributed by atoms with E-state index in [-0.39, 0.29) is 5.78 Å². The summed E-state index contributed by atoms with van der Waals surface area (Å²) in [4.78, 5) is 10.9. The van der Waals surface area contributed by atoms with Crippen LogP contribution in [0.5, 0.6) is 0 Å². The van der Waals surface area contributed by atoms with E-state index in [0.29, 0.717) is 12.8 Å². The fraction of sp³-hybridized carbons (Fsp3) is 0.273. The van der Waals surface area contributed by atoms with Crippen LogP contribution in [0.15, 0.2) is 22.7 Å². The van der Waals surface area contributed by atoms with E-state index in [9.17, 15) is 4.79 Å². The zero-order valence-electron chi connectivity index (χ0n) is 7.88. The summed E-state index contributed by atoms with van der Waals surface area (Å²) >= 11 is 3.35. The molecule has 1 aromatic rings. The number of hydrogen-bond acceptors (Lipinski definition) is 2. The van der Waals surface area contributed by atoms with Crippen molar-refractivity contribution in [2.24, 2.45) is 0 Å². The van der Waals surface area contributed by atoms with E-state index < -0.39 is 0 Å². The van der Waals surface area contributed by atoms with Crippen molar-refractivity contribution < 1.29 is 4.79 Å². The van der Waals surface area contributed by atoms with Crippen molar-refractivity contribution in [3.8, 4) is 6.07 Å². The average molecular weight is 252 g/mol. The Morgan fingerprint density at radius 3 is 2.64 bits per heavy atom. The zero-order valence-corrected chi connectivity index (χ0v) is 9.47. The van der Waals surface area contributed by atoms with Gasteiger partial charge in [-0.3, -0.25) is 4.79 Å². The van der Waals surface area contributed by atoms with E-state index in [0.717, 1.165) is 15.6 Å². The molecule has 1 rings (SSSR count). The summed E-state index contributed by atoms with van der Waals surface area (Å²) in [5, 5.41) is 8.55. The Kier molecular flexibility index (Phi) is 3.84. The number of carbonyl (C=O) groups is 1. The van der Waals surface area contributed by atoms with Crippen molar-refractivity contribution in [1.82, 2.24) is 0 Å². The number of carbonyl (C=O) groups excluding carboxylic acids is 1. The van der Waals surface area contributed by atoms with Crippen LogP contribution in [0.25, 0.3) is 0 Å². The molecule has 0 N–H and O–H groups in total. The van der Waals surface area contributed by atoms with Crippen LogP contribution < -0.4 is 0 Å². The molecule has 0 radical (unpaired) electrons. The van der Waals surface area contributed by atoms with E-state index >= 15 is 0 Å². The molecular weight excluding hydrogens is 242 g/mol. The van der Waals surface area contributed by atoms with Crippen molar-refractivity contribution in [3.05, 3.63) is 33.8 Å². The fourth-order valence-corrected chi connectivity index (χ4v) is 1.89. The molecule has 0 saturated heterocycles. The Hall–Kier alpha value is -1.14. The summed E-state index contributed by atoms with van der Waals surface area (Å²) in [5.41, 5.74) is 1.90. The molecular formula is C11H10BrNO. The smallest absolute Gasteiger partial charge is 0.134 e. The predicted molar refractivity (Wildman–Crippen MR) is 57.8 cm³/mol. The molecule has 0 amide bonds. The number of rotatable bonds is 3. The van der Waals surface area contributed by atoms with Gasteiger partial charge < -0.3 is 0 Å². The first-order valence-corrected chi connectivity index (χ1v) is 5.06. The van der Waals surface area contributed by atoms with Gasteiger partial charge in [0.1, 0.15) is 5.78 Å². The SMILES string of the molecule is CC(=O)Cc1cc(Br)cc(CC#N)c1. The molecule has 0 aromatic heterocycles. The van der Waals surface area contributed by atoms with Gasteiger partial charge in [-0.1, -0.05) is 22.0 Å². The monoisotopic (exact) mass is 251 g/mol. The quantitative estimate of drug-likeness (QED) is 0.829. The number of hydrogen-bond donors (Lipinski definition) is 0. The molecule has 72 valence electrons. The van der Waals surface area contributed by atoms with Gasteiger partial charge in [-0.25, -0.2) is 0 Å². The zero-order chi connectivity index (χ0) is 10.6. The minimum atomic E-state index is 0.131. The summed E-state index contributed by atoms with van der Waals surface area (Å²) in [6, 6.07) is 7.78. The largest absolute Gasteiger partial charge is 0.300 e. The lowest BCUT2D eigenvalue weighted by molar-refractivity contribution is -0.116. The molecule has 0 spiro atoms. The van der Waals surface area contributed by atoms with Crippen molar-refractivity contribution in [2.45, 2.75) is 19.8 Å². The van der Waals surface area contributed by atoms with Crippen LogP contribution in [0.2, 0.25) is 0 Å². The van der Waals surface area contributed by atoms with Crippen LogP contribution >= 0.6 is 15.9 Å². The highest BCUT2D eigenvalue weighted by molar-refractivity contribution is 9.10. The lowest BCUT2D eigenvalue weighted by Crippen LogP contribution is -1.97. The highest BCUT2D eigenvalue weighted by Gasteiger charge is 2.01. The van der Waals surface area contributed by atoms with E-state index in [1.165, 1.54) is 0 Å². The molecule has 14 heavy (non-hydrogen) atoms. The topological polar surface area (TPSA) is 40.9 Å². The first kappa shape index (κ1) is 10.9. The molecule has 3 heteroatoms. The third-order valence-electron chi connectivity index (χ3n) is 1.75. The van der Waals surface area contributed by atoms with Gasteiger partial charge >= 0.3 is 0 Å². The Balaban J connectivity index is 2.96. The molecule has 0 saturated carbocycles. The van der Waals surface area contributed by atoms with Gasteiger partial charge in [0, 0.05) is 10.9 Å². The first-order chi connectivity index (χ1) is 6.61. The van der Waals surface area contributed by atoms with Crippen LogP contribution in [-0.4, -0.2) is 5.78 Å². The summed E-state index contributed by atoms with van der Waals surface area (Å²) in [5.74, 6) is 0.131. The number of benzene rings is 1. The maximum absolute atomic E-state index is 10.9. The highest BCUT2D eigenvalue weighted by Crippen LogP contribution is 2.16. The van der Waals surface area contributed by atoms with Gasteiger partial charge in [0.15, 0.2) is 0 Å². The van der Waals surface area contributed by atoms with Crippen molar-refractivity contribution in [1.29, 1.82) is 5.26 Å². The number of halogens is 1. The standard InChI is InChI=1S/C11H10BrNO/c1-8(14)4-10-5-9(2-3-13)6-11(12)7-10/h5-7H,2,4H2,1H3. The number of nitriles is 1. The summed E-state index contributed by atoms with van der Waals surface area (Å²) in [6.45, 7) is 1.56. The van der Waals surface area contributed by atoms with Gasteiger partial charge in [0.25, 0.3) is 0 Å². The van der Waals surface area contributed by atoms with E-state index in [1.54, 1.807) is 6.92 Å². The molecule has 0 heterocycles. The minimum absolute atomic E-state index is 0.131. The van der Waals surface area contributed by atoms with Gasteiger partial charge in [-0.05, 0) is 30.2 Å². The first-order valence-electron chi connectivity index (χ1n) is 4.26. The maximum atomic E-state index is 10.9. The van der Waals surface area contributed by atoms with Crippen molar-refractivity contribution in [2.75, 3.05) is 0 Å². The molecule has 0 unspecified atom stereocenters. The van der Waals surface area contributed by atoms with Gasteiger partial charge in [0.2, 0.25) is 0 Å². The third-order valence-corrected chi connectivity index (χ3v) is 2.21. The number of nitrogens with zero attached hydrogens (tertiary/aromatic N) is 1. The van der Waals surface area contributed by atoms with Crippen LogP contribution in [0, 0.1) is 11.3 Å². The van der Waals surface area contributed by atoms with E-state index in [4.69, 9.17) is 5.26 Å². The Labute approximate surface area is 91.7 Å². The molecule has 0 fully saturated rings. The molecule has 0 bridgehead atoms. The predicted octanol–water partition coefficient (Wildman–Crippen LogP) is 2.65. The van der Waals surface area contributed by atoms with Crippen LogP contribution in [-0.2, 0) is 17.6 Å². The summed E-state index contributed by atoms with van der Waals surface area (Å²) in [6.07, 6.45) is 0.808. The van der Waals surface area contributed by atoms with Gasteiger partial charge in [-0.2, -0.15) is 5.26 Å². The van der Waals surface area contributed by atoms with Crippen LogP contribution in [0.1, 0.15) is 18.1 Å². The number of Topliss-reactive ketones (excluding diaryl/α,β-unsaturated/α-hetero) is 1. The van der Waals surface area contributed by atoms with Crippen LogP contribution in [0.4, 0.5) is 0 Å². The summed E-state index contributed by atoms with van der Waals surface area (Å²) < 4.78 is 0.918. The second-order valence-corrected chi connectivity index (χ2v) is 4.10. The Bertz CT molecular complexity index is 393. The van der Waals surface area contributed by atoms with Crippen molar-refractivity contribution in [3.63, 3.8) is 0 Å². The van der Waals surface area contributed by atoms with Crippen LogP contribution in [0.3, 0.4) is 0 Å². The second kappa shape index (κ2) is 4.92. The molecule has 0 aliphatic carbocycles. The van der Waals surface area contributed by atoms with Gasteiger partial charge in [-0.15, -0.1) is 0 Å². The Morgan fingerprint density at radius 2 is 2.07 bits per heavy atom. The van der Waals surface area contributed by atoms with E-state index in [1.807, 2.05) is 18.2 Å². The highest BCUT2D eigenvalue weighted by atomic mass is 79.9. The fourth-order valence-electron chi connectivity index (χ4n) is 1.30. The lowest BCUT2D eigenvalue weighted by atomic mass is 10.1. The van der Waals surface area contributed by atoms with Gasteiger partial charge in [0.05, 0.1) is 12.5 Å². The molecule has 0 atom stereocenters. The van der Waals surface area contributed by atoms with Crippen molar-refractivity contribution >= 4 is 21.7 Å². The lowest BCUT2D eigenvalue weighted by Gasteiger charge is -2.02. The second-order valence-electron chi connectivity index (χ2n) is 3.18. The maximum Gasteiger partial charge on any atom is 0.134 e. The molecule has 1 aromatic carbocycles. The number of ketones is 1. The minimum Gasteiger partial charge on any atom is -0.300 e. The molecule has 2 nitrogen and oxygen atoms in total. The average Bonchev–Trinajstić information content (AvgIpc) is 2.01. The van der Waals surface area contributed by atoms with E-state index in [2.05, 4.69) is 22.0 Å².